The Labute approximate surface area is 163 Å². The summed E-state index contributed by atoms with van der Waals surface area (Å²) in [6.07, 6.45) is 3.84. The molecule has 1 fully saturated rings. The van der Waals surface area contributed by atoms with Gasteiger partial charge in [0, 0.05) is 13.1 Å². The summed E-state index contributed by atoms with van der Waals surface area (Å²) in [6, 6.07) is 20.2. The summed E-state index contributed by atoms with van der Waals surface area (Å²) in [7, 11) is 0. The second-order valence-electron chi connectivity index (χ2n) is 7.60. The number of amides is 1. The zero-order chi connectivity index (χ0) is 17.7. The van der Waals surface area contributed by atoms with Crippen molar-refractivity contribution in [2.75, 3.05) is 13.1 Å². The molecule has 1 amide bonds. The van der Waals surface area contributed by atoms with Crippen LogP contribution in [0.4, 0.5) is 0 Å². The van der Waals surface area contributed by atoms with E-state index in [0.717, 1.165) is 37.9 Å². The molecule has 4 heteroatoms. The zero-order valence-electron chi connectivity index (χ0n) is 15.4. The smallest absolute Gasteiger partial charge is 0.239 e. The fourth-order valence-electron chi connectivity index (χ4n) is 3.70. The van der Waals surface area contributed by atoms with Crippen LogP contribution < -0.4 is 5.73 Å². The number of aryl methyl sites for hydroxylation is 1. The molecule has 1 saturated heterocycles. The maximum atomic E-state index is 12.7. The molecule has 1 aliphatic rings. The first-order valence-corrected chi connectivity index (χ1v) is 9.18. The first-order chi connectivity index (χ1) is 12.1. The predicted octanol–water partition coefficient (Wildman–Crippen LogP) is 3.85. The van der Waals surface area contributed by atoms with Gasteiger partial charge in [0.2, 0.25) is 5.91 Å². The highest BCUT2D eigenvalue weighted by atomic mass is 35.5. The first-order valence-electron chi connectivity index (χ1n) is 9.18. The van der Waals surface area contributed by atoms with Gasteiger partial charge < -0.3 is 10.6 Å². The molecule has 2 aromatic carbocycles. The van der Waals surface area contributed by atoms with Crippen molar-refractivity contribution in [3.8, 4) is 0 Å². The van der Waals surface area contributed by atoms with Crippen molar-refractivity contribution in [3.05, 3.63) is 71.8 Å². The standard InChI is InChI=1S/C22H28N2O.ClH/c1-22(13-12-18-8-4-2-5-9-18)14-15-24(17-22)21(25)20(23)16-19-10-6-3-7-11-19;/h2-11,20H,12-17,23H2,1H3;1H/t20-,22?;/m0./s1. The van der Waals surface area contributed by atoms with Crippen molar-refractivity contribution in [1.82, 2.24) is 4.90 Å². The lowest BCUT2D eigenvalue weighted by molar-refractivity contribution is -0.131. The highest BCUT2D eigenvalue weighted by Gasteiger charge is 2.36. The van der Waals surface area contributed by atoms with Crippen LogP contribution in [0.2, 0.25) is 0 Å². The lowest BCUT2D eigenvalue weighted by Gasteiger charge is -2.26. The van der Waals surface area contributed by atoms with Crippen LogP contribution in [-0.4, -0.2) is 29.9 Å². The van der Waals surface area contributed by atoms with Gasteiger partial charge in [0.05, 0.1) is 6.04 Å². The van der Waals surface area contributed by atoms with Crippen LogP contribution in [0, 0.1) is 5.41 Å². The van der Waals surface area contributed by atoms with Crippen LogP contribution in [0.1, 0.15) is 30.9 Å². The molecule has 1 heterocycles. The molecule has 2 N–H and O–H groups in total. The van der Waals surface area contributed by atoms with Gasteiger partial charge in [-0.1, -0.05) is 67.6 Å². The lowest BCUT2D eigenvalue weighted by Crippen LogP contribution is -2.44. The van der Waals surface area contributed by atoms with Gasteiger partial charge in [-0.2, -0.15) is 0 Å². The quantitative estimate of drug-likeness (QED) is 0.837. The molecule has 0 aromatic heterocycles. The largest absolute Gasteiger partial charge is 0.341 e. The van der Waals surface area contributed by atoms with E-state index in [9.17, 15) is 4.79 Å². The number of hydrogen-bond donors (Lipinski definition) is 1. The third-order valence-electron chi connectivity index (χ3n) is 5.35. The van der Waals surface area contributed by atoms with Crippen LogP contribution >= 0.6 is 12.4 Å². The zero-order valence-corrected chi connectivity index (χ0v) is 16.3. The minimum absolute atomic E-state index is 0. The molecule has 3 nitrogen and oxygen atoms in total. The van der Waals surface area contributed by atoms with E-state index in [1.165, 1.54) is 5.56 Å². The molecule has 0 saturated carbocycles. The Kier molecular flexibility index (Phi) is 7.24. The second-order valence-corrected chi connectivity index (χ2v) is 7.60. The molecular formula is C22H29ClN2O. The van der Waals surface area contributed by atoms with E-state index in [2.05, 4.69) is 37.3 Å². The summed E-state index contributed by atoms with van der Waals surface area (Å²) in [5.74, 6) is 0.0901. The summed E-state index contributed by atoms with van der Waals surface area (Å²) >= 11 is 0. The lowest BCUT2D eigenvalue weighted by atomic mass is 9.83. The Bertz CT molecular complexity index is 692. The molecule has 0 radical (unpaired) electrons. The summed E-state index contributed by atoms with van der Waals surface area (Å²) in [4.78, 5) is 14.7. The van der Waals surface area contributed by atoms with E-state index in [-0.39, 0.29) is 23.7 Å². The van der Waals surface area contributed by atoms with Crippen molar-refractivity contribution in [2.45, 2.75) is 38.6 Å². The Balaban J connectivity index is 0.00000243. The highest BCUT2D eigenvalue weighted by molar-refractivity contribution is 5.85. The Hall–Kier alpha value is -1.84. The van der Waals surface area contributed by atoms with Crippen molar-refractivity contribution < 1.29 is 4.79 Å². The Morgan fingerprint density at radius 2 is 1.65 bits per heavy atom. The Morgan fingerprint density at radius 1 is 1.08 bits per heavy atom. The average molecular weight is 373 g/mol. The number of benzene rings is 2. The third-order valence-corrected chi connectivity index (χ3v) is 5.35. The van der Waals surface area contributed by atoms with Gasteiger partial charge in [-0.25, -0.2) is 0 Å². The van der Waals surface area contributed by atoms with E-state index in [1.54, 1.807) is 0 Å². The number of nitrogens with zero attached hydrogens (tertiary/aromatic N) is 1. The maximum Gasteiger partial charge on any atom is 0.239 e. The summed E-state index contributed by atoms with van der Waals surface area (Å²) in [5, 5.41) is 0. The molecule has 0 bridgehead atoms. The van der Waals surface area contributed by atoms with Crippen LogP contribution in [0.3, 0.4) is 0 Å². The highest BCUT2D eigenvalue weighted by Crippen LogP contribution is 2.35. The minimum atomic E-state index is -0.445. The van der Waals surface area contributed by atoms with E-state index in [4.69, 9.17) is 5.73 Å². The van der Waals surface area contributed by atoms with E-state index >= 15 is 0 Å². The second kappa shape index (κ2) is 9.20. The van der Waals surface area contributed by atoms with Gasteiger partial charge in [-0.15, -0.1) is 12.4 Å². The molecule has 140 valence electrons. The fourth-order valence-corrected chi connectivity index (χ4v) is 3.70. The van der Waals surface area contributed by atoms with E-state index < -0.39 is 6.04 Å². The molecule has 3 rings (SSSR count). The first kappa shape index (κ1) is 20.5. The number of likely N-dealkylation sites (tertiary alicyclic amines) is 1. The number of rotatable bonds is 6. The number of carbonyl (C=O) groups is 1. The predicted molar refractivity (Wildman–Crippen MR) is 109 cm³/mol. The summed E-state index contributed by atoms with van der Waals surface area (Å²) in [5.41, 5.74) is 8.87. The maximum absolute atomic E-state index is 12.7. The van der Waals surface area contributed by atoms with Crippen LogP contribution in [0.25, 0.3) is 0 Å². The number of hydrogen-bond acceptors (Lipinski definition) is 2. The Morgan fingerprint density at radius 3 is 2.27 bits per heavy atom. The van der Waals surface area contributed by atoms with Crippen molar-refractivity contribution in [3.63, 3.8) is 0 Å². The van der Waals surface area contributed by atoms with Gasteiger partial charge in [0.15, 0.2) is 0 Å². The van der Waals surface area contributed by atoms with Crippen molar-refractivity contribution >= 4 is 18.3 Å². The number of nitrogens with two attached hydrogens (primary N) is 1. The summed E-state index contributed by atoms with van der Waals surface area (Å²) in [6.45, 7) is 3.94. The topological polar surface area (TPSA) is 46.3 Å². The van der Waals surface area contributed by atoms with Crippen molar-refractivity contribution in [1.29, 1.82) is 0 Å². The molecule has 1 unspecified atom stereocenters. The molecule has 26 heavy (non-hydrogen) atoms. The third kappa shape index (κ3) is 5.33. The molecule has 2 aromatic rings. The van der Waals surface area contributed by atoms with E-state index in [1.807, 2.05) is 35.2 Å². The average Bonchev–Trinajstić information content (AvgIpc) is 3.04. The van der Waals surface area contributed by atoms with Crippen LogP contribution in [0.5, 0.6) is 0 Å². The van der Waals surface area contributed by atoms with Crippen LogP contribution in [0.15, 0.2) is 60.7 Å². The van der Waals surface area contributed by atoms with Gasteiger partial charge >= 0.3 is 0 Å². The van der Waals surface area contributed by atoms with Gasteiger partial charge in [0.1, 0.15) is 0 Å². The van der Waals surface area contributed by atoms with Gasteiger partial charge in [0.25, 0.3) is 0 Å². The minimum Gasteiger partial charge on any atom is -0.341 e. The molecule has 2 atom stereocenters. The molecular weight excluding hydrogens is 344 g/mol. The SMILES string of the molecule is CC1(CCc2ccccc2)CCN(C(=O)[C@@H](N)Cc2ccccc2)C1.Cl. The molecule has 0 aliphatic carbocycles. The molecule has 1 aliphatic heterocycles. The van der Waals surface area contributed by atoms with E-state index in [0.29, 0.717) is 6.42 Å². The van der Waals surface area contributed by atoms with Crippen LogP contribution in [-0.2, 0) is 17.6 Å². The van der Waals surface area contributed by atoms with Crippen molar-refractivity contribution in [2.24, 2.45) is 11.1 Å². The molecule has 0 spiro atoms. The van der Waals surface area contributed by atoms with Gasteiger partial charge in [-0.05, 0) is 42.2 Å². The normalized spacial score (nSPS) is 20.5. The number of halogens is 1. The number of carbonyl (C=O) groups excluding carboxylic acids is 1. The monoisotopic (exact) mass is 372 g/mol. The summed E-state index contributed by atoms with van der Waals surface area (Å²) < 4.78 is 0. The fraction of sp³-hybridized carbons (Fsp3) is 0.409. The van der Waals surface area contributed by atoms with Gasteiger partial charge in [-0.3, -0.25) is 4.79 Å².